The first-order valence-corrected chi connectivity index (χ1v) is 8.29. The molecule has 0 aromatic heterocycles. The Morgan fingerprint density at radius 1 is 0.944 bits per heavy atom. The Bertz CT molecular complexity index is 242. The van der Waals surface area contributed by atoms with Crippen molar-refractivity contribution in [3.05, 3.63) is 0 Å². The molecular weight excluding hydrogens is 220 g/mol. The van der Waals surface area contributed by atoms with Crippen molar-refractivity contribution in [2.75, 3.05) is 32.7 Å². The summed E-state index contributed by atoms with van der Waals surface area (Å²) < 4.78 is 0. The molecule has 0 bridgehead atoms. The second-order valence-corrected chi connectivity index (χ2v) is 7.07. The minimum absolute atomic E-state index is 0.777. The fourth-order valence-corrected chi connectivity index (χ4v) is 4.46. The second kappa shape index (κ2) is 5.92. The lowest BCUT2D eigenvalue weighted by atomic mass is 9.68. The summed E-state index contributed by atoms with van der Waals surface area (Å²) in [6, 6.07) is 0. The predicted molar refractivity (Wildman–Crippen MR) is 76.8 cm³/mol. The third-order valence-electron chi connectivity index (χ3n) is 5.75. The second-order valence-electron chi connectivity index (χ2n) is 7.07. The van der Waals surface area contributed by atoms with Gasteiger partial charge in [0.25, 0.3) is 0 Å². The molecule has 3 rings (SSSR count). The van der Waals surface area contributed by atoms with E-state index >= 15 is 0 Å². The Balaban J connectivity index is 1.44. The molecule has 2 heteroatoms. The van der Waals surface area contributed by atoms with Gasteiger partial charge >= 0.3 is 0 Å². The van der Waals surface area contributed by atoms with E-state index in [0.717, 1.165) is 11.3 Å². The summed E-state index contributed by atoms with van der Waals surface area (Å²) in [5.41, 5.74) is 0.777. The molecule has 1 N–H and O–H groups in total. The zero-order chi connectivity index (χ0) is 12.3. The van der Waals surface area contributed by atoms with Crippen LogP contribution in [0.15, 0.2) is 0 Å². The summed E-state index contributed by atoms with van der Waals surface area (Å²) >= 11 is 0. The number of nitrogens with zero attached hydrogens (tertiary/aromatic N) is 1. The van der Waals surface area contributed by atoms with Crippen LogP contribution in [-0.4, -0.2) is 37.6 Å². The fraction of sp³-hybridized carbons (Fsp3) is 1.00. The SMILES string of the molecule is C1CCC2(CC1)CCN(CC1CCCNC1)CC2. The highest BCUT2D eigenvalue weighted by molar-refractivity contribution is 4.89. The first-order valence-electron chi connectivity index (χ1n) is 8.29. The van der Waals surface area contributed by atoms with Gasteiger partial charge in [0.05, 0.1) is 0 Å². The monoisotopic (exact) mass is 250 g/mol. The molecule has 2 aliphatic heterocycles. The highest BCUT2D eigenvalue weighted by Crippen LogP contribution is 2.44. The third kappa shape index (κ3) is 3.08. The lowest BCUT2D eigenvalue weighted by Crippen LogP contribution is -2.45. The van der Waals surface area contributed by atoms with Crippen molar-refractivity contribution >= 4 is 0 Å². The Morgan fingerprint density at radius 2 is 1.72 bits per heavy atom. The van der Waals surface area contributed by atoms with Gasteiger partial charge < -0.3 is 10.2 Å². The summed E-state index contributed by atoms with van der Waals surface area (Å²) in [6.07, 6.45) is 13.4. The van der Waals surface area contributed by atoms with Gasteiger partial charge in [-0.15, -0.1) is 0 Å². The smallest absolute Gasteiger partial charge is 0.00218 e. The van der Waals surface area contributed by atoms with E-state index in [-0.39, 0.29) is 0 Å². The number of hydrogen-bond donors (Lipinski definition) is 1. The lowest BCUT2D eigenvalue weighted by Gasteiger charge is -2.45. The van der Waals surface area contributed by atoms with Crippen molar-refractivity contribution in [3.63, 3.8) is 0 Å². The summed E-state index contributed by atoms with van der Waals surface area (Å²) in [5.74, 6) is 0.930. The van der Waals surface area contributed by atoms with Gasteiger partial charge in [0.2, 0.25) is 0 Å². The lowest BCUT2D eigenvalue weighted by molar-refractivity contribution is 0.0574. The highest BCUT2D eigenvalue weighted by Gasteiger charge is 2.35. The molecule has 1 saturated carbocycles. The highest BCUT2D eigenvalue weighted by atomic mass is 15.1. The molecular formula is C16H30N2. The normalized spacial score (nSPS) is 33.7. The standard InChI is InChI=1S/C16H30N2/c1-2-6-16(7-3-1)8-11-18(12-9-16)14-15-5-4-10-17-13-15/h15,17H,1-14H2. The van der Waals surface area contributed by atoms with E-state index < -0.39 is 0 Å². The first-order chi connectivity index (χ1) is 8.86. The molecule has 1 unspecified atom stereocenters. The zero-order valence-electron chi connectivity index (χ0n) is 11.9. The van der Waals surface area contributed by atoms with E-state index in [0.29, 0.717) is 0 Å². The number of rotatable bonds is 2. The van der Waals surface area contributed by atoms with Crippen molar-refractivity contribution in [1.29, 1.82) is 0 Å². The van der Waals surface area contributed by atoms with Gasteiger partial charge in [0.15, 0.2) is 0 Å². The topological polar surface area (TPSA) is 15.3 Å². The van der Waals surface area contributed by atoms with E-state index in [2.05, 4.69) is 10.2 Å². The maximum atomic E-state index is 3.55. The number of hydrogen-bond acceptors (Lipinski definition) is 2. The molecule has 1 spiro atoms. The molecule has 0 radical (unpaired) electrons. The summed E-state index contributed by atoms with van der Waals surface area (Å²) in [4.78, 5) is 2.76. The first kappa shape index (κ1) is 12.9. The third-order valence-corrected chi connectivity index (χ3v) is 5.75. The Kier molecular flexibility index (Phi) is 4.25. The van der Waals surface area contributed by atoms with Gasteiger partial charge in [0.1, 0.15) is 0 Å². The van der Waals surface area contributed by atoms with E-state index in [9.17, 15) is 0 Å². The number of nitrogens with one attached hydrogen (secondary N) is 1. The van der Waals surface area contributed by atoms with Gasteiger partial charge in [-0.25, -0.2) is 0 Å². The van der Waals surface area contributed by atoms with Crippen molar-refractivity contribution in [2.24, 2.45) is 11.3 Å². The summed E-state index contributed by atoms with van der Waals surface area (Å²) in [6.45, 7) is 6.65. The predicted octanol–water partition coefficient (Wildman–Crippen LogP) is 3.03. The Labute approximate surface area is 113 Å². The Morgan fingerprint density at radius 3 is 2.39 bits per heavy atom. The van der Waals surface area contributed by atoms with E-state index in [1.54, 1.807) is 0 Å². The van der Waals surface area contributed by atoms with Crippen molar-refractivity contribution in [3.8, 4) is 0 Å². The molecule has 0 aromatic carbocycles. The van der Waals surface area contributed by atoms with Crippen LogP contribution in [0.5, 0.6) is 0 Å². The largest absolute Gasteiger partial charge is 0.316 e. The molecule has 2 saturated heterocycles. The van der Waals surface area contributed by atoms with Gasteiger partial charge in [-0.3, -0.25) is 0 Å². The van der Waals surface area contributed by atoms with Crippen LogP contribution in [0.3, 0.4) is 0 Å². The summed E-state index contributed by atoms with van der Waals surface area (Å²) in [5, 5.41) is 3.55. The van der Waals surface area contributed by atoms with Crippen LogP contribution in [-0.2, 0) is 0 Å². The molecule has 3 fully saturated rings. The minimum Gasteiger partial charge on any atom is -0.316 e. The van der Waals surface area contributed by atoms with Crippen LogP contribution >= 0.6 is 0 Å². The maximum Gasteiger partial charge on any atom is 0.00218 e. The number of piperidine rings is 2. The van der Waals surface area contributed by atoms with Crippen molar-refractivity contribution < 1.29 is 0 Å². The van der Waals surface area contributed by atoms with Gasteiger partial charge in [0, 0.05) is 6.54 Å². The molecule has 2 nitrogen and oxygen atoms in total. The van der Waals surface area contributed by atoms with Crippen molar-refractivity contribution in [2.45, 2.75) is 57.8 Å². The van der Waals surface area contributed by atoms with Crippen LogP contribution in [0.2, 0.25) is 0 Å². The maximum absolute atomic E-state index is 3.55. The molecule has 3 aliphatic rings. The molecule has 18 heavy (non-hydrogen) atoms. The molecule has 1 aliphatic carbocycles. The quantitative estimate of drug-likeness (QED) is 0.810. The van der Waals surface area contributed by atoms with Gasteiger partial charge in [-0.05, 0) is 76.0 Å². The van der Waals surface area contributed by atoms with E-state index in [1.807, 2.05) is 0 Å². The van der Waals surface area contributed by atoms with Gasteiger partial charge in [-0.2, -0.15) is 0 Å². The van der Waals surface area contributed by atoms with E-state index in [1.165, 1.54) is 90.5 Å². The molecule has 0 aromatic rings. The molecule has 2 heterocycles. The summed E-state index contributed by atoms with van der Waals surface area (Å²) in [7, 11) is 0. The minimum atomic E-state index is 0.777. The van der Waals surface area contributed by atoms with Crippen LogP contribution < -0.4 is 5.32 Å². The van der Waals surface area contributed by atoms with Crippen LogP contribution in [0.1, 0.15) is 57.8 Å². The zero-order valence-corrected chi connectivity index (χ0v) is 11.9. The average Bonchev–Trinajstić information content (AvgIpc) is 2.44. The molecule has 1 atom stereocenters. The molecule has 104 valence electrons. The Hall–Kier alpha value is -0.0800. The van der Waals surface area contributed by atoms with E-state index in [4.69, 9.17) is 0 Å². The number of likely N-dealkylation sites (tertiary alicyclic amines) is 1. The average molecular weight is 250 g/mol. The molecule has 0 amide bonds. The fourth-order valence-electron chi connectivity index (χ4n) is 4.46. The van der Waals surface area contributed by atoms with Crippen LogP contribution in [0.25, 0.3) is 0 Å². The van der Waals surface area contributed by atoms with Crippen LogP contribution in [0, 0.1) is 11.3 Å². The van der Waals surface area contributed by atoms with Crippen molar-refractivity contribution in [1.82, 2.24) is 10.2 Å². The van der Waals surface area contributed by atoms with Crippen LogP contribution in [0.4, 0.5) is 0 Å². The van der Waals surface area contributed by atoms with Gasteiger partial charge in [-0.1, -0.05) is 19.3 Å².